The predicted molar refractivity (Wildman–Crippen MR) is 75.4 cm³/mol. The average molecular weight is 271 g/mol. The van der Waals surface area contributed by atoms with Gasteiger partial charge >= 0.3 is 0 Å². The number of rotatable bonds is 4. The molecular formula is C15H13NO2S. The summed E-state index contributed by atoms with van der Waals surface area (Å²) in [6.07, 6.45) is 0. The lowest BCUT2D eigenvalue weighted by molar-refractivity contribution is 0.413. The second-order valence-electron chi connectivity index (χ2n) is 3.93. The van der Waals surface area contributed by atoms with Crippen LogP contribution < -0.4 is 4.74 Å². The summed E-state index contributed by atoms with van der Waals surface area (Å²) >= 11 is 1.65. The van der Waals surface area contributed by atoms with Gasteiger partial charge in [0.25, 0.3) is 0 Å². The second kappa shape index (κ2) is 6.17. The van der Waals surface area contributed by atoms with Crippen LogP contribution in [0.5, 0.6) is 11.5 Å². The molecule has 0 unspecified atom stereocenters. The summed E-state index contributed by atoms with van der Waals surface area (Å²) in [5, 5.41) is 18.2. The van der Waals surface area contributed by atoms with E-state index in [-0.39, 0.29) is 5.75 Å². The first kappa shape index (κ1) is 13.3. The van der Waals surface area contributed by atoms with Gasteiger partial charge in [-0.05, 0) is 42.0 Å². The first-order valence-corrected chi connectivity index (χ1v) is 6.70. The van der Waals surface area contributed by atoms with Crippen molar-refractivity contribution in [3.05, 3.63) is 53.6 Å². The Balaban J connectivity index is 2.08. The van der Waals surface area contributed by atoms with Crippen LogP contribution in [0.4, 0.5) is 0 Å². The zero-order chi connectivity index (χ0) is 13.7. The molecule has 4 heteroatoms. The average Bonchev–Trinajstić information content (AvgIpc) is 2.46. The van der Waals surface area contributed by atoms with Gasteiger partial charge in [0.05, 0.1) is 12.7 Å². The van der Waals surface area contributed by atoms with Crippen LogP contribution in [-0.4, -0.2) is 12.2 Å². The van der Waals surface area contributed by atoms with Crippen molar-refractivity contribution in [1.82, 2.24) is 0 Å². The Labute approximate surface area is 116 Å². The monoisotopic (exact) mass is 271 g/mol. The topological polar surface area (TPSA) is 53.2 Å². The maximum atomic E-state index is 9.21. The van der Waals surface area contributed by atoms with Crippen LogP contribution in [0.2, 0.25) is 0 Å². The molecule has 1 N–H and O–H groups in total. The molecule has 0 bridgehead atoms. The number of methoxy groups -OCH3 is 1. The molecule has 0 saturated carbocycles. The maximum Gasteiger partial charge on any atom is 0.136 e. The van der Waals surface area contributed by atoms with Crippen LogP contribution in [0.1, 0.15) is 11.1 Å². The van der Waals surface area contributed by atoms with E-state index in [1.807, 2.05) is 30.3 Å². The maximum absolute atomic E-state index is 9.21. The third-order valence-electron chi connectivity index (χ3n) is 2.63. The number of nitriles is 1. The number of benzene rings is 2. The van der Waals surface area contributed by atoms with Gasteiger partial charge in [0.15, 0.2) is 0 Å². The largest absolute Gasteiger partial charge is 0.508 e. The van der Waals surface area contributed by atoms with Crippen molar-refractivity contribution >= 4 is 11.8 Å². The van der Waals surface area contributed by atoms with Crippen LogP contribution >= 0.6 is 11.8 Å². The molecule has 0 atom stereocenters. The molecule has 0 fully saturated rings. The highest BCUT2D eigenvalue weighted by Gasteiger charge is 2.04. The van der Waals surface area contributed by atoms with Gasteiger partial charge in [0.1, 0.15) is 17.6 Å². The summed E-state index contributed by atoms with van der Waals surface area (Å²) in [6, 6.07) is 14.8. The fourth-order valence-corrected chi connectivity index (χ4v) is 2.48. The summed E-state index contributed by atoms with van der Waals surface area (Å²) in [5.74, 6) is 1.63. The van der Waals surface area contributed by atoms with Crippen LogP contribution in [0.25, 0.3) is 0 Å². The van der Waals surface area contributed by atoms with Crippen molar-refractivity contribution in [2.24, 2.45) is 0 Å². The molecule has 0 radical (unpaired) electrons. The molecule has 19 heavy (non-hydrogen) atoms. The molecule has 0 spiro atoms. The summed E-state index contributed by atoms with van der Waals surface area (Å²) in [6.45, 7) is 0. The number of nitrogens with zero attached hydrogens (tertiary/aromatic N) is 1. The van der Waals surface area contributed by atoms with Crippen LogP contribution in [0.15, 0.2) is 47.4 Å². The molecule has 0 aromatic heterocycles. The quantitative estimate of drug-likeness (QED) is 0.864. The summed E-state index contributed by atoms with van der Waals surface area (Å²) < 4.78 is 5.11. The summed E-state index contributed by atoms with van der Waals surface area (Å²) in [5.41, 5.74) is 1.61. The van der Waals surface area contributed by atoms with E-state index < -0.39 is 0 Å². The molecule has 2 aromatic rings. The SMILES string of the molecule is COc1ccc(CSc2ccc(O)cc2)cc1C#N. The van der Waals surface area contributed by atoms with Gasteiger partial charge in [-0.2, -0.15) is 5.26 Å². The first-order valence-electron chi connectivity index (χ1n) is 5.72. The Morgan fingerprint density at radius 2 is 1.95 bits per heavy atom. The number of aromatic hydroxyl groups is 1. The number of thioether (sulfide) groups is 1. The molecule has 0 heterocycles. The van der Waals surface area contributed by atoms with Crippen molar-refractivity contribution in [3.63, 3.8) is 0 Å². The molecular weight excluding hydrogens is 258 g/mol. The standard InChI is InChI=1S/C15H13NO2S/c1-18-15-7-2-11(8-12(15)9-16)10-19-14-5-3-13(17)4-6-14/h2-8,17H,10H2,1H3. The lowest BCUT2D eigenvalue weighted by Crippen LogP contribution is -1.90. The van der Waals surface area contributed by atoms with Crippen molar-refractivity contribution in [2.75, 3.05) is 7.11 Å². The zero-order valence-electron chi connectivity index (χ0n) is 10.5. The highest BCUT2D eigenvalue weighted by molar-refractivity contribution is 7.98. The van der Waals surface area contributed by atoms with E-state index in [0.717, 1.165) is 16.2 Å². The lowest BCUT2D eigenvalue weighted by Gasteiger charge is -2.06. The van der Waals surface area contributed by atoms with E-state index in [1.54, 1.807) is 31.0 Å². The fraction of sp³-hybridized carbons (Fsp3) is 0.133. The van der Waals surface area contributed by atoms with Gasteiger partial charge in [-0.15, -0.1) is 11.8 Å². The molecule has 96 valence electrons. The molecule has 0 aliphatic carbocycles. The zero-order valence-corrected chi connectivity index (χ0v) is 11.3. The van der Waals surface area contributed by atoms with Crippen molar-refractivity contribution < 1.29 is 9.84 Å². The minimum absolute atomic E-state index is 0.264. The summed E-state index contributed by atoms with van der Waals surface area (Å²) in [7, 11) is 1.56. The van der Waals surface area contributed by atoms with E-state index in [2.05, 4.69) is 6.07 Å². The number of ether oxygens (including phenoxy) is 1. The highest BCUT2D eigenvalue weighted by Crippen LogP contribution is 2.26. The Hall–Kier alpha value is -2.12. The second-order valence-corrected chi connectivity index (χ2v) is 4.98. The lowest BCUT2D eigenvalue weighted by atomic mass is 10.1. The van der Waals surface area contributed by atoms with Gasteiger partial charge in [-0.1, -0.05) is 6.07 Å². The minimum atomic E-state index is 0.264. The van der Waals surface area contributed by atoms with Crippen LogP contribution in [0, 0.1) is 11.3 Å². The van der Waals surface area contributed by atoms with Crippen LogP contribution in [0.3, 0.4) is 0 Å². The van der Waals surface area contributed by atoms with Gasteiger partial charge in [0.2, 0.25) is 0 Å². The summed E-state index contributed by atoms with van der Waals surface area (Å²) in [4.78, 5) is 1.08. The third-order valence-corrected chi connectivity index (χ3v) is 3.71. The molecule has 0 aliphatic heterocycles. The molecule has 3 nitrogen and oxygen atoms in total. The van der Waals surface area contributed by atoms with Gasteiger partial charge in [0, 0.05) is 10.6 Å². The van der Waals surface area contributed by atoms with E-state index in [4.69, 9.17) is 10.00 Å². The van der Waals surface area contributed by atoms with Gasteiger partial charge in [-0.3, -0.25) is 0 Å². The van der Waals surface area contributed by atoms with E-state index in [9.17, 15) is 5.11 Å². The molecule has 0 aliphatic rings. The normalized spacial score (nSPS) is 9.89. The van der Waals surface area contributed by atoms with Gasteiger partial charge in [-0.25, -0.2) is 0 Å². The number of phenolic OH excluding ortho intramolecular Hbond substituents is 1. The number of hydrogen-bond acceptors (Lipinski definition) is 4. The Bertz CT molecular complexity index is 603. The van der Waals surface area contributed by atoms with E-state index in [0.29, 0.717) is 11.3 Å². The third kappa shape index (κ3) is 3.43. The highest BCUT2D eigenvalue weighted by atomic mass is 32.2. The molecule has 2 rings (SSSR count). The van der Waals surface area contributed by atoms with Crippen LogP contribution in [-0.2, 0) is 5.75 Å². The Morgan fingerprint density at radius 1 is 1.21 bits per heavy atom. The number of phenols is 1. The fourth-order valence-electron chi connectivity index (χ4n) is 1.64. The molecule has 0 amide bonds. The van der Waals surface area contributed by atoms with E-state index >= 15 is 0 Å². The van der Waals surface area contributed by atoms with Crippen molar-refractivity contribution in [2.45, 2.75) is 10.6 Å². The molecule has 0 saturated heterocycles. The Morgan fingerprint density at radius 3 is 2.58 bits per heavy atom. The predicted octanol–water partition coefficient (Wildman–Crippen LogP) is 3.56. The molecule has 2 aromatic carbocycles. The van der Waals surface area contributed by atoms with Crippen molar-refractivity contribution in [3.8, 4) is 17.6 Å². The van der Waals surface area contributed by atoms with E-state index in [1.165, 1.54) is 0 Å². The van der Waals surface area contributed by atoms with Crippen molar-refractivity contribution in [1.29, 1.82) is 5.26 Å². The first-order chi connectivity index (χ1) is 9.22. The minimum Gasteiger partial charge on any atom is -0.508 e. The number of hydrogen-bond donors (Lipinski definition) is 1. The smallest absolute Gasteiger partial charge is 0.136 e. The Kier molecular flexibility index (Phi) is 4.32. The van der Waals surface area contributed by atoms with Gasteiger partial charge < -0.3 is 9.84 Å².